The standard InChI is InChI=1S/C14H21BrN2O/c1-16-14(10-4-3-7-17-9-10)12-8-11(15)5-6-13(12)18-2/h5-6,8,10,14,16-17H,3-4,7,9H2,1-2H3. The number of hydrogen-bond acceptors (Lipinski definition) is 3. The van der Waals surface area contributed by atoms with Crippen molar-refractivity contribution in [2.24, 2.45) is 5.92 Å². The van der Waals surface area contributed by atoms with Gasteiger partial charge in [0.15, 0.2) is 0 Å². The summed E-state index contributed by atoms with van der Waals surface area (Å²) in [6.07, 6.45) is 2.51. The molecule has 2 unspecified atom stereocenters. The smallest absolute Gasteiger partial charge is 0.123 e. The van der Waals surface area contributed by atoms with Crippen molar-refractivity contribution in [2.45, 2.75) is 18.9 Å². The molecular formula is C14H21BrN2O. The first-order valence-corrected chi connectivity index (χ1v) is 7.27. The highest BCUT2D eigenvalue weighted by Crippen LogP contribution is 2.34. The van der Waals surface area contributed by atoms with Crippen LogP contribution in [0, 0.1) is 5.92 Å². The Labute approximate surface area is 117 Å². The molecule has 0 aliphatic carbocycles. The number of piperidine rings is 1. The van der Waals surface area contributed by atoms with Crippen molar-refractivity contribution in [3.8, 4) is 5.75 Å². The van der Waals surface area contributed by atoms with Crippen LogP contribution < -0.4 is 15.4 Å². The van der Waals surface area contributed by atoms with Crippen LogP contribution in [-0.4, -0.2) is 27.2 Å². The molecule has 1 saturated heterocycles. The van der Waals surface area contributed by atoms with Gasteiger partial charge < -0.3 is 15.4 Å². The van der Waals surface area contributed by atoms with Gasteiger partial charge in [0.25, 0.3) is 0 Å². The van der Waals surface area contributed by atoms with E-state index < -0.39 is 0 Å². The molecular weight excluding hydrogens is 292 g/mol. The maximum absolute atomic E-state index is 5.49. The van der Waals surface area contributed by atoms with Gasteiger partial charge in [0, 0.05) is 16.1 Å². The summed E-state index contributed by atoms with van der Waals surface area (Å²) in [5.74, 6) is 1.58. The van der Waals surface area contributed by atoms with Gasteiger partial charge in [0.2, 0.25) is 0 Å². The van der Waals surface area contributed by atoms with Crippen LogP contribution in [0.15, 0.2) is 22.7 Å². The Kier molecular flexibility index (Phi) is 5.03. The fraction of sp³-hybridized carbons (Fsp3) is 0.571. The van der Waals surface area contributed by atoms with Gasteiger partial charge in [-0.2, -0.15) is 0 Å². The third-order valence-corrected chi connectivity index (χ3v) is 4.14. The van der Waals surface area contributed by atoms with E-state index in [1.54, 1.807) is 7.11 Å². The Balaban J connectivity index is 2.27. The third kappa shape index (κ3) is 3.05. The maximum Gasteiger partial charge on any atom is 0.123 e. The van der Waals surface area contributed by atoms with Gasteiger partial charge in [0.05, 0.1) is 7.11 Å². The third-order valence-electron chi connectivity index (χ3n) is 3.64. The molecule has 1 aliphatic rings. The summed E-state index contributed by atoms with van der Waals surface area (Å²) < 4.78 is 6.59. The van der Waals surface area contributed by atoms with Crippen molar-refractivity contribution in [3.05, 3.63) is 28.2 Å². The Hall–Kier alpha value is -0.580. The second-order valence-corrected chi connectivity index (χ2v) is 5.67. The summed E-state index contributed by atoms with van der Waals surface area (Å²) >= 11 is 3.55. The number of hydrogen-bond donors (Lipinski definition) is 2. The average Bonchev–Trinajstić information content (AvgIpc) is 2.41. The zero-order chi connectivity index (χ0) is 13.0. The Morgan fingerprint density at radius 1 is 1.50 bits per heavy atom. The molecule has 1 heterocycles. The molecule has 0 bridgehead atoms. The molecule has 1 aliphatic heterocycles. The monoisotopic (exact) mass is 312 g/mol. The van der Waals surface area contributed by atoms with Crippen molar-refractivity contribution in [3.63, 3.8) is 0 Å². The lowest BCUT2D eigenvalue weighted by atomic mass is 9.87. The topological polar surface area (TPSA) is 33.3 Å². The van der Waals surface area contributed by atoms with E-state index in [1.165, 1.54) is 18.4 Å². The molecule has 1 aromatic carbocycles. The van der Waals surface area contributed by atoms with E-state index in [-0.39, 0.29) is 0 Å². The quantitative estimate of drug-likeness (QED) is 0.897. The van der Waals surface area contributed by atoms with Crippen LogP contribution >= 0.6 is 15.9 Å². The maximum atomic E-state index is 5.49. The first-order chi connectivity index (χ1) is 8.76. The summed E-state index contributed by atoms with van der Waals surface area (Å²) in [7, 11) is 3.76. The Morgan fingerprint density at radius 3 is 2.94 bits per heavy atom. The molecule has 4 heteroatoms. The van der Waals surface area contributed by atoms with E-state index in [9.17, 15) is 0 Å². The van der Waals surface area contributed by atoms with Crippen molar-refractivity contribution < 1.29 is 4.74 Å². The Morgan fingerprint density at radius 2 is 2.33 bits per heavy atom. The van der Waals surface area contributed by atoms with E-state index in [0.29, 0.717) is 12.0 Å². The molecule has 2 rings (SSSR count). The van der Waals surface area contributed by atoms with Crippen LogP contribution in [0.3, 0.4) is 0 Å². The average molecular weight is 313 g/mol. The molecule has 3 nitrogen and oxygen atoms in total. The molecule has 100 valence electrons. The van der Waals surface area contributed by atoms with Crippen molar-refractivity contribution in [1.82, 2.24) is 10.6 Å². The molecule has 2 atom stereocenters. The predicted octanol–water partition coefficient (Wildman–Crippen LogP) is 2.72. The van der Waals surface area contributed by atoms with Crippen molar-refractivity contribution in [2.75, 3.05) is 27.2 Å². The zero-order valence-electron chi connectivity index (χ0n) is 11.0. The summed E-state index contributed by atoms with van der Waals surface area (Å²) in [6.45, 7) is 2.21. The number of benzene rings is 1. The van der Waals surface area contributed by atoms with E-state index in [2.05, 4.69) is 32.6 Å². The van der Waals surface area contributed by atoms with Gasteiger partial charge in [-0.05, 0) is 57.1 Å². The van der Waals surface area contributed by atoms with Gasteiger partial charge in [-0.15, -0.1) is 0 Å². The number of ether oxygens (including phenoxy) is 1. The minimum atomic E-state index is 0.338. The molecule has 2 N–H and O–H groups in total. The van der Waals surface area contributed by atoms with Crippen LogP contribution in [0.4, 0.5) is 0 Å². The minimum absolute atomic E-state index is 0.338. The molecule has 1 aromatic rings. The van der Waals surface area contributed by atoms with Gasteiger partial charge in [-0.1, -0.05) is 15.9 Å². The lowest BCUT2D eigenvalue weighted by Crippen LogP contribution is -2.37. The lowest BCUT2D eigenvalue weighted by Gasteiger charge is -2.31. The van der Waals surface area contributed by atoms with E-state index in [4.69, 9.17) is 4.74 Å². The molecule has 0 spiro atoms. The highest BCUT2D eigenvalue weighted by molar-refractivity contribution is 9.10. The van der Waals surface area contributed by atoms with Crippen molar-refractivity contribution >= 4 is 15.9 Å². The van der Waals surface area contributed by atoms with Crippen LogP contribution in [0.25, 0.3) is 0 Å². The summed E-state index contributed by atoms with van der Waals surface area (Å²) in [4.78, 5) is 0. The van der Waals surface area contributed by atoms with Gasteiger partial charge in [-0.25, -0.2) is 0 Å². The first-order valence-electron chi connectivity index (χ1n) is 6.47. The summed E-state index contributed by atoms with van der Waals surface area (Å²) in [5.41, 5.74) is 1.24. The Bertz CT molecular complexity index is 391. The molecule has 18 heavy (non-hydrogen) atoms. The number of nitrogens with one attached hydrogen (secondary N) is 2. The lowest BCUT2D eigenvalue weighted by molar-refractivity contribution is 0.290. The highest BCUT2D eigenvalue weighted by Gasteiger charge is 2.26. The molecule has 0 saturated carbocycles. The van der Waals surface area contributed by atoms with Crippen molar-refractivity contribution in [1.29, 1.82) is 0 Å². The van der Waals surface area contributed by atoms with E-state index in [1.807, 2.05) is 19.2 Å². The molecule has 0 radical (unpaired) electrons. The van der Waals surface area contributed by atoms with Gasteiger partial charge in [0.1, 0.15) is 5.75 Å². The summed E-state index contributed by atoms with van der Waals surface area (Å²) in [5, 5.41) is 6.93. The second kappa shape index (κ2) is 6.55. The SMILES string of the molecule is CNC(c1cc(Br)ccc1OC)C1CCCNC1. The molecule has 1 fully saturated rings. The number of rotatable bonds is 4. The van der Waals surface area contributed by atoms with E-state index in [0.717, 1.165) is 23.3 Å². The minimum Gasteiger partial charge on any atom is -0.496 e. The van der Waals surface area contributed by atoms with Crippen LogP contribution in [-0.2, 0) is 0 Å². The predicted molar refractivity (Wildman–Crippen MR) is 78.1 cm³/mol. The fourth-order valence-corrected chi connectivity index (χ4v) is 3.14. The first kappa shape index (κ1) is 13.8. The van der Waals surface area contributed by atoms with Gasteiger partial charge in [-0.3, -0.25) is 0 Å². The van der Waals surface area contributed by atoms with Crippen LogP contribution in [0.1, 0.15) is 24.4 Å². The normalized spacial score (nSPS) is 21.6. The summed E-state index contributed by atoms with van der Waals surface area (Å²) in [6, 6.07) is 6.55. The number of halogens is 1. The van der Waals surface area contributed by atoms with E-state index >= 15 is 0 Å². The second-order valence-electron chi connectivity index (χ2n) is 4.76. The highest BCUT2D eigenvalue weighted by atomic mass is 79.9. The zero-order valence-corrected chi connectivity index (χ0v) is 12.6. The number of methoxy groups -OCH3 is 1. The largest absolute Gasteiger partial charge is 0.496 e. The molecule has 0 aromatic heterocycles. The van der Waals surface area contributed by atoms with Crippen LogP contribution in [0.5, 0.6) is 5.75 Å². The van der Waals surface area contributed by atoms with Gasteiger partial charge >= 0.3 is 0 Å². The van der Waals surface area contributed by atoms with Crippen LogP contribution in [0.2, 0.25) is 0 Å². The molecule has 0 amide bonds. The fourth-order valence-electron chi connectivity index (χ4n) is 2.76.